The highest BCUT2D eigenvalue weighted by atomic mass is 16.2. The molecule has 1 aliphatic heterocycles. The van der Waals surface area contributed by atoms with Crippen LogP contribution in [0.5, 0.6) is 0 Å². The number of aryl methyl sites for hydroxylation is 2. The third-order valence-electron chi connectivity index (χ3n) is 4.06. The molecule has 0 saturated carbocycles. The molecule has 0 aliphatic carbocycles. The summed E-state index contributed by atoms with van der Waals surface area (Å²) in [6.45, 7) is 5.73. The van der Waals surface area contributed by atoms with Crippen LogP contribution in [0.2, 0.25) is 0 Å². The highest BCUT2D eigenvalue weighted by molar-refractivity contribution is 5.97. The third kappa shape index (κ3) is 2.96. The number of amides is 1. The van der Waals surface area contributed by atoms with Crippen molar-refractivity contribution in [3.63, 3.8) is 0 Å². The molecule has 1 saturated heterocycles. The number of benzene rings is 1. The van der Waals surface area contributed by atoms with Crippen molar-refractivity contribution in [2.24, 2.45) is 0 Å². The van der Waals surface area contributed by atoms with Gasteiger partial charge in [0.1, 0.15) is 0 Å². The van der Waals surface area contributed by atoms with Crippen LogP contribution in [0, 0.1) is 13.8 Å². The maximum absolute atomic E-state index is 12.8. The average Bonchev–Trinajstić information content (AvgIpc) is 2.80. The van der Waals surface area contributed by atoms with E-state index in [0.29, 0.717) is 11.7 Å². The van der Waals surface area contributed by atoms with Gasteiger partial charge in [0.25, 0.3) is 5.91 Å². The zero-order chi connectivity index (χ0) is 14.9. The van der Waals surface area contributed by atoms with E-state index in [-0.39, 0.29) is 5.91 Å². The Hall–Kier alpha value is -1.55. The van der Waals surface area contributed by atoms with E-state index in [1.54, 1.807) is 0 Å². The number of hydrogen-bond donors (Lipinski definition) is 1. The number of carbonyl (C=O) groups is 1. The fraction of sp³-hybridized carbons (Fsp3) is 0.562. The van der Waals surface area contributed by atoms with E-state index in [4.69, 9.17) is 5.73 Å². The lowest BCUT2D eigenvalue weighted by molar-refractivity contribution is 0.0716. The number of anilines is 1. The predicted octanol–water partition coefficient (Wildman–Crippen LogP) is 2.05. The molecule has 1 aromatic carbocycles. The Kier molecular flexibility index (Phi) is 4.33. The molecule has 2 rings (SSSR count). The molecule has 1 unspecified atom stereocenters. The molecule has 2 N–H and O–H groups in total. The van der Waals surface area contributed by atoms with E-state index in [1.807, 2.05) is 30.9 Å². The topological polar surface area (TPSA) is 49.6 Å². The largest absolute Gasteiger partial charge is 0.398 e. The van der Waals surface area contributed by atoms with Crippen molar-refractivity contribution in [2.45, 2.75) is 32.7 Å². The summed E-state index contributed by atoms with van der Waals surface area (Å²) < 4.78 is 0. The Morgan fingerprint density at radius 1 is 1.35 bits per heavy atom. The maximum Gasteiger partial charge on any atom is 0.254 e. The molecule has 0 spiro atoms. The molecule has 1 aromatic rings. The number of nitrogens with zero attached hydrogens (tertiary/aromatic N) is 2. The Morgan fingerprint density at radius 2 is 2.05 bits per heavy atom. The minimum Gasteiger partial charge on any atom is -0.398 e. The van der Waals surface area contributed by atoms with Crippen molar-refractivity contribution in [3.05, 3.63) is 28.8 Å². The molecule has 1 atom stereocenters. The Bertz CT molecular complexity index is 511. The van der Waals surface area contributed by atoms with E-state index < -0.39 is 0 Å². The Morgan fingerprint density at radius 3 is 2.70 bits per heavy atom. The minimum atomic E-state index is 0.124. The van der Waals surface area contributed by atoms with Crippen molar-refractivity contribution >= 4 is 11.6 Å². The van der Waals surface area contributed by atoms with Gasteiger partial charge in [-0.15, -0.1) is 0 Å². The molecule has 110 valence electrons. The fourth-order valence-electron chi connectivity index (χ4n) is 2.97. The van der Waals surface area contributed by atoms with Crippen LogP contribution in [0.3, 0.4) is 0 Å². The van der Waals surface area contributed by atoms with Gasteiger partial charge < -0.3 is 15.5 Å². The van der Waals surface area contributed by atoms with E-state index in [2.05, 4.69) is 19.0 Å². The van der Waals surface area contributed by atoms with Gasteiger partial charge in [-0.1, -0.05) is 6.07 Å². The van der Waals surface area contributed by atoms with Crippen molar-refractivity contribution in [2.75, 3.05) is 32.9 Å². The van der Waals surface area contributed by atoms with Crippen LogP contribution in [0.15, 0.2) is 12.1 Å². The smallest absolute Gasteiger partial charge is 0.254 e. The monoisotopic (exact) mass is 275 g/mol. The van der Waals surface area contributed by atoms with Crippen LogP contribution in [0.4, 0.5) is 5.69 Å². The first-order chi connectivity index (χ1) is 9.40. The summed E-state index contributed by atoms with van der Waals surface area (Å²) in [5.41, 5.74) is 9.45. The van der Waals surface area contributed by atoms with E-state index >= 15 is 0 Å². The highest BCUT2D eigenvalue weighted by Gasteiger charge is 2.30. The maximum atomic E-state index is 12.8. The molecule has 4 heteroatoms. The number of rotatable bonds is 3. The van der Waals surface area contributed by atoms with Gasteiger partial charge in [0.15, 0.2) is 0 Å². The standard InChI is InChI=1S/C16H25N3O/c1-11-8-12(2)15(17)9-14(11)16(20)19-7-5-6-13(19)10-18(3)4/h8-9,13H,5-7,10,17H2,1-4H3. The van der Waals surface area contributed by atoms with E-state index in [1.165, 1.54) is 0 Å². The number of nitrogen functional groups attached to an aromatic ring is 1. The second-order valence-electron chi connectivity index (χ2n) is 6.08. The van der Waals surface area contributed by atoms with Crippen LogP contribution < -0.4 is 5.73 Å². The van der Waals surface area contributed by atoms with Crippen molar-refractivity contribution in [1.82, 2.24) is 9.80 Å². The first kappa shape index (κ1) is 14.9. The molecular formula is C16H25N3O. The van der Waals surface area contributed by atoms with Gasteiger partial charge in [0.05, 0.1) is 0 Å². The van der Waals surface area contributed by atoms with Gasteiger partial charge in [-0.05, 0) is 58.0 Å². The SMILES string of the molecule is Cc1cc(C)c(C(=O)N2CCCC2CN(C)C)cc1N. The van der Waals surface area contributed by atoms with Crippen molar-refractivity contribution in [3.8, 4) is 0 Å². The van der Waals surface area contributed by atoms with Gasteiger partial charge in [-0.25, -0.2) is 0 Å². The molecule has 1 heterocycles. The quantitative estimate of drug-likeness (QED) is 0.859. The summed E-state index contributed by atoms with van der Waals surface area (Å²) in [5.74, 6) is 0.124. The number of hydrogen-bond acceptors (Lipinski definition) is 3. The van der Waals surface area contributed by atoms with Gasteiger partial charge >= 0.3 is 0 Å². The average molecular weight is 275 g/mol. The van der Waals surface area contributed by atoms with Crippen molar-refractivity contribution < 1.29 is 4.79 Å². The number of likely N-dealkylation sites (N-methyl/N-ethyl adjacent to an activating group) is 1. The summed E-state index contributed by atoms with van der Waals surface area (Å²) in [4.78, 5) is 16.9. The lowest BCUT2D eigenvalue weighted by atomic mass is 10.0. The Balaban J connectivity index is 2.24. The zero-order valence-corrected chi connectivity index (χ0v) is 12.9. The van der Waals surface area contributed by atoms with E-state index in [9.17, 15) is 4.79 Å². The first-order valence-corrected chi connectivity index (χ1v) is 7.22. The third-order valence-corrected chi connectivity index (χ3v) is 4.06. The molecule has 1 aliphatic rings. The summed E-state index contributed by atoms with van der Waals surface area (Å²) in [7, 11) is 4.10. The molecule has 1 fully saturated rings. The molecule has 20 heavy (non-hydrogen) atoms. The van der Waals surface area contributed by atoms with E-state index in [0.717, 1.165) is 42.6 Å². The number of nitrogens with two attached hydrogens (primary N) is 1. The normalized spacial score (nSPS) is 18.9. The van der Waals surface area contributed by atoms with Crippen LogP contribution in [-0.2, 0) is 0 Å². The Labute approximate surface area is 121 Å². The molecule has 0 bridgehead atoms. The van der Waals surface area contributed by atoms with Gasteiger partial charge in [-0.3, -0.25) is 4.79 Å². The summed E-state index contributed by atoms with van der Waals surface area (Å²) in [6, 6.07) is 4.15. The summed E-state index contributed by atoms with van der Waals surface area (Å²) >= 11 is 0. The highest BCUT2D eigenvalue weighted by Crippen LogP contribution is 2.24. The molecule has 0 aromatic heterocycles. The lowest BCUT2D eigenvalue weighted by Gasteiger charge is -2.28. The van der Waals surface area contributed by atoms with Crippen LogP contribution in [-0.4, -0.2) is 48.9 Å². The van der Waals surface area contributed by atoms with Crippen molar-refractivity contribution in [1.29, 1.82) is 0 Å². The molecule has 1 amide bonds. The fourth-order valence-corrected chi connectivity index (χ4v) is 2.97. The van der Waals surface area contributed by atoms with Gasteiger partial charge in [0.2, 0.25) is 0 Å². The van der Waals surface area contributed by atoms with Crippen LogP contribution in [0.1, 0.15) is 34.3 Å². The summed E-state index contributed by atoms with van der Waals surface area (Å²) in [5, 5.41) is 0. The molecule has 4 nitrogen and oxygen atoms in total. The zero-order valence-electron chi connectivity index (χ0n) is 12.9. The first-order valence-electron chi connectivity index (χ1n) is 7.22. The van der Waals surface area contributed by atoms with Crippen LogP contribution >= 0.6 is 0 Å². The lowest BCUT2D eigenvalue weighted by Crippen LogP contribution is -2.41. The number of likely N-dealkylation sites (tertiary alicyclic amines) is 1. The van der Waals surface area contributed by atoms with Gasteiger partial charge in [-0.2, -0.15) is 0 Å². The van der Waals surface area contributed by atoms with Crippen LogP contribution in [0.25, 0.3) is 0 Å². The summed E-state index contributed by atoms with van der Waals surface area (Å²) in [6.07, 6.45) is 2.18. The minimum absolute atomic E-state index is 0.124. The van der Waals surface area contributed by atoms with Gasteiger partial charge in [0, 0.05) is 30.4 Å². The second kappa shape index (κ2) is 5.83. The second-order valence-corrected chi connectivity index (χ2v) is 6.08. The predicted molar refractivity (Wildman–Crippen MR) is 82.9 cm³/mol. The molecule has 0 radical (unpaired) electrons. The molecular weight excluding hydrogens is 250 g/mol. The number of carbonyl (C=O) groups excluding carboxylic acids is 1.